The quantitative estimate of drug-likeness (QED) is 0.179. The van der Waals surface area contributed by atoms with E-state index < -0.39 is 44.9 Å². The van der Waals surface area contributed by atoms with Crippen molar-refractivity contribution in [1.29, 1.82) is 0 Å². The molecule has 1 unspecified atom stereocenters. The number of imidazole rings is 1. The average Bonchev–Trinajstić information content (AvgIpc) is 3.35. The van der Waals surface area contributed by atoms with Crippen LogP contribution in [0.3, 0.4) is 0 Å². The lowest BCUT2D eigenvalue weighted by Gasteiger charge is -2.33. The number of nitrogens with zero attached hydrogens (tertiary/aromatic N) is 5. The Hall–Kier alpha value is -1.19. The average molecular weight is 546 g/mol. The van der Waals surface area contributed by atoms with E-state index in [0.29, 0.717) is 31.5 Å². The van der Waals surface area contributed by atoms with Crippen molar-refractivity contribution < 1.29 is 33.5 Å². The number of aromatic nitrogens is 4. The zero-order valence-electron chi connectivity index (χ0n) is 18.0. The van der Waals surface area contributed by atoms with Crippen molar-refractivity contribution in [2.45, 2.75) is 31.0 Å². The Morgan fingerprint density at radius 2 is 2.00 bits per heavy atom. The lowest BCUT2D eigenvalue weighted by molar-refractivity contribution is -0.0511. The van der Waals surface area contributed by atoms with E-state index in [2.05, 4.69) is 20.0 Å². The minimum atomic E-state index is -2.84. The van der Waals surface area contributed by atoms with Crippen molar-refractivity contribution in [1.82, 2.24) is 29.3 Å². The normalized spacial score (nSPS) is 29.4. The van der Waals surface area contributed by atoms with Gasteiger partial charge >= 0.3 is 13.7 Å². The Balaban J connectivity index is 0.000000204. The van der Waals surface area contributed by atoms with Crippen LogP contribution >= 0.6 is 30.9 Å². The molecule has 0 spiro atoms. The van der Waals surface area contributed by atoms with E-state index in [1.807, 2.05) is 0 Å². The fourth-order valence-electron chi connectivity index (χ4n) is 3.49. The molecule has 0 amide bonds. The molecule has 2 aliphatic rings. The molecule has 0 aliphatic carbocycles. The Morgan fingerprint density at radius 3 is 2.56 bits per heavy atom. The van der Waals surface area contributed by atoms with Crippen LogP contribution in [-0.4, -0.2) is 102 Å². The smallest absolute Gasteiger partial charge is 0.343 e. The molecule has 2 fully saturated rings. The number of fused-ring (bicyclic) bond motifs is 1. The summed E-state index contributed by atoms with van der Waals surface area (Å²) < 4.78 is 39.0. The third kappa shape index (κ3) is 5.95. The number of nitrogens with one attached hydrogen (secondary N) is 1. The Labute approximate surface area is 204 Å². The first kappa shape index (κ1) is 27.4. The molecule has 0 aromatic carbocycles. The summed E-state index contributed by atoms with van der Waals surface area (Å²) >= 11 is 11.2. The first-order chi connectivity index (χ1) is 16.3. The molecule has 5 atom stereocenters. The summed E-state index contributed by atoms with van der Waals surface area (Å²) in [5.74, 6) is 0.704. The molecule has 6 N–H and O–H groups in total. The van der Waals surface area contributed by atoms with Gasteiger partial charge < -0.3 is 30.3 Å². The molecular weight excluding hydrogens is 519 g/mol. The number of halogens is 3. The van der Waals surface area contributed by atoms with Gasteiger partial charge in [0.15, 0.2) is 23.2 Å². The zero-order valence-corrected chi connectivity index (χ0v) is 20.4. The zero-order chi connectivity index (χ0) is 24.9. The maximum absolute atomic E-state index is 13.2. The van der Waals surface area contributed by atoms with E-state index in [1.54, 1.807) is 4.67 Å². The SMILES string of the molecule is Nc1nc(F)nc2c1ncn2[C@@H]1O[C@H](CO)[C@@H](O)[C@@H]1O.O=P1(N(CCCl)CCCl)NCCCO1. The van der Waals surface area contributed by atoms with Crippen LogP contribution in [0.4, 0.5) is 10.2 Å². The van der Waals surface area contributed by atoms with Crippen LogP contribution in [0.1, 0.15) is 12.6 Å². The van der Waals surface area contributed by atoms with Gasteiger partial charge in [-0.25, -0.2) is 14.7 Å². The highest BCUT2D eigenvalue weighted by Gasteiger charge is 2.44. The summed E-state index contributed by atoms with van der Waals surface area (Å²) in [6.07, 6.45) is -3.49. The highest BCUT2D eigenvalue weighted by atomic mass is 35.5. The molecule has 17 heteroatoms. The minimum Gasteiger partial charge on any atom is -0.394 e. The van der Waals surface area contributed by atoms with Gasteiger partial charge in [0.25, 0.3) is 0 Å². The summed E-state index contributed by atoms with van der Waals surface area (Å²) in [4.78, 5) is 10.8. The van der Waals surface area contributed by atoms with Crippen molar-refractivity contribution in [3.05, 3.63) is 12.4 Å². The van der Waals surface area contributed by atoms with Crippen molar-refractivity contribution in [3.8, 4) is 0 Å². The molecule has 34 heavy (non-hydrogen) atoms. The number of nitrogen functional groups attached to an aromatic ring is 1. The molecule has 13 nitrogen and oxygen atoms in total. The summed E-state index contributed by atoms with van der Waals surface area (Å²) in [6.45, 7) is 1.84. The van der Waals surface area contributed by atoms with Crippen LogP contribution in [0.2, 0.25) is 0 Å². The number of rotatable bonds is 7. The number of hydrogen-bond acceptors (Lipinski definition) is 10. The third-order valence-electron chi connectivity index (χ3n) is 5.17. The second kappa shape index (κ2) is 12.2. The van der Waals surface area contributed by atoms with Crippen LogP contribution in [-0.2, 0) is 13.8 Å². The van der Waals surface area contributed by atoms with Gasteiger partial charge in [-0.05, 0) is 6.42 Å². The Bertz CT molecular complexity index is 991. The molecule has 0 radical (unpaired) electrons. The van der Waals surface area contributed by atoms with Crippen LogP contribution in [0.15, 0.2) is 6.33 Å². The Morgan fingerprint density at radius 1 is 1.29 bits per heavy atom. The monoisotopic (exact) mass is 545 g/mol. The predicted octanol–water partition coefficient (Wildman–Crippen LogP) is 0.0431. The highest BCUT2D eigenvalue weighted by molar-refractivity contribution is 7.54. The molecule has 4 heterocycles. The van der Waals surface area contributed by atoms with Gasteiger partial charge in [-0.15, -0.1) is 23.2 Å². The van der Waals surface area contributed by atoms with Gasteiger partial charge in [0.2, 0.25) is 0 Å². The molecule has 2 aliphatic heterocycles. The van der Waals surface area contributed by atoms with Crippen molar-refractivity contribution in [2.24, 2.45) is 0 Å². The Kier molecular flexibility index (Phi) is 9.81. The second-order valence-corrected chi connectivity index (χ2v) is 10.3. The van der Waals surface area contributed by atoms with E-state index in [4.69, 9.17) is 43.3 Å². The van der Waals surface area contributed by atoms with E-state index >= 15 is 0 Å². The van der Waals surface area contributed by atoms with Gasteiger partial charge in [0.05, 0.1) is 19.5 Å². The summed E-state index contributed by atoms with van der Waals surface area (Å²) in [5.41, 5.74) is 5.71. The molecule has 4 rings (SSSR count). The van der Waals surface area contributed by atoms with Gasteiger partial charge in [0, 0.05) is 31.4 Å². The lowest BCUT2D eigenvalue weighted by atomic mass is 10.1. The van der Waals surface area contributed by atoms with Crippen LogP contribution in [0.5, 0.6) is 0 Å². The van der Waals surface area contributed by atoms with Crippen molar-refractivity contribution >= 4 is 47.9 Å². The molecule has 2 aromatic heterocycles. The lowest BCUT2D eigenvalue weighted by Crippen LogP contribution is -2.35. The summed E-state index contributed by atoms with van der Waals surface area (Å²) in [7, 11) is -2.84. The minimum absolute atomic E-state index is 0.0323. The van der Waals surface area contributed by atoms with Crippen molar-refractivity contribution in [3.63, 3.8) is 0 Å². The second-order valence-electron chi connectivity index (χ2n) is 7.38. The predicted molar refractivity (Wildman–Crippen MR) is 122 cm³/mol. The highest BCUT2D eigenvalue weighted by Crippen LogP contribution is 2.48. The van der Waals surface area contributed by atoms with E-state index in [1.165, 1.54) is 10.9 Å². The maximum Gasteiger partial charge on any atom is 0.343 e. The standard InChI is InChI=1S/C10H12FN5O4.C7H15Cl2N2O2P/c11-10-14-7(12)4-8(15-10)16(2-13-4)9-6(19)5(18)3(1-17)20-9;8-2-5-11(6-3-9)14(12)10-4-1-7-13-14/h2-3,5-6,9,17-19H,1H2,(H2,12,14,15);1-7H2,(H,10,12)/t3-,5-,6+,9-;/m1./s1. The first-order valence-corrected chi connectivity index (χ1v) is 13.1. The summed E-state index contributed by atoms with van der Waals surface area (Å²) in [6, 6.07) is 0. The summed E-state index contributed by atoms with van der Waals surface area (Å²) in [5, 5.41) is 31.6. The largest absolute Gasteiger partial charge is 0.394 e. The molecule has 0 bridgehead atoms. The van der Waals surface area contributed by atoms with Gasteiger partial charge in [-0.2, -0.15) is 14.4 Å². The number of nitrogens with two attached hydrogens (primary N) is 1. The topological polar surface area (TPSA) is 181 Å². The number of ether oxygens (including phenoxy) is 1. The van der Waals surface area contributed by atoms with Crippen LogP contribution < -0.4 is 10.8 Å². The van der Waals surface area contributed by atoms with Gasteiger partial charge in [-0.1, -0.05) is 0 Å². The van der Waals surface area contributed by atoms with Crippen LogP contribution in [0, 0.1) is 6.08 Å². The van der Waals surface area contributed by atoms with E-state index in [0.717, 1.165) is 13.0 Å². The first-order valence-electron chi connectivity index (χ1n) is 10.4. The van der Waals surface area contributed by atoms with Crippen molar-refractivity contribution in [2.75, 3.05) is 50.3 Å². The fourth-order valence-corrected chi connectivity index (χ4v) is 6.13. The van der Waals surface area contributed by atoms with Gasteiger partial charge in [-0.3, -0.25) is 9.13 Å². The molecule has 0 saturated carbocycles. The van der Waals surface area contributed by atoms with Crippen LogP contribution in [0.25, 0.3) is 11.2 Å². The number of anilines is 1. The molecular formula is C17H27Cl2FN7O6P. The number of hydrogen-bond donors (Lipinski definition) is 5. The number of alkyl halides is 2. The van der Waals surface area contributed by atoms with Gasteiger partial charge in [0.1, 0.15) is 18.3 Å². The fraction of sp³-hybridized carbons (Fsp3) is 0.706. The molecule has 192 valence electrons. The van der Waals surface area contributed by atoms with E-state index in [9.17, 15) is 19.2 Å². The number of aliphatic hydroxyl groups is 3. The van der Waals surface area contributed by atoms with E-state index in [-0.39, 0.29) is 17.0 Å². The number of aliphatic hydroxyl groups excluding tert-OH is 3. The maximum atomic E-state index is 13.2. The molecule has 2 aromatic rings. The third-order valence-corrected chi connectivity index (χ3v) is 7.81. The molecule has 2 saturated heterocycles.